The van der Waals surface area contributed by atoms with Gasteiger partial charge in [-0.1, -0.05) is 0 Å². The second-order valence-electron chi connectivity index (χ2n) is 3.74. The van der Waals surface area contributed by atoms with E-state index in [1.165, 1.54) is 24.3 Å². The average molecular weight is 351 g/mol. The van der Waals surface area contributed by atoms with Gasteiger partial charge >= 0.3 is 11.9 Å². The lowest BCUT2D eigenvalue weighted by molar-refractivity contribution is 0.0510. The number of hydrogen-bond donors (Lipinski definition) is 4. The second kappa shape index (κ2) is 8.76. The minimum absolute atomic E-state index is 0.0973. The molecule has 0 aliphatic heterocycles. The van der Waals surface area contributed by atoms with Gasteiger partial charge in [-0.05, 0) is 24.3 Å². The SMILES string of the molecule is O=C(OCC(S)S)c1ccc(C(=O)OCC(S)S)cc1. The van der Waals surface area contributed by atoms with E-state index >= 15 is 0 Å². The number of esters is 2. The molecule has 110 valence electrons. The lowest BCUT2D eigenvalue weighted by atomic mass is 10.1. The molecule has 0 saturated carbocycles. The maximum atomic E-state index is 11.6. The number of benzene rings is 1. The van der Waals surface area contributed by atoms with Crippen molar-refractivity contribution in [3.05, 3.63) is 35.4 Å². The van der Waals surface area contributed by atoms with Crippen LogP contribution in [0.25, 0.3) is 0 Å². The molecule has 1 aromatic carbocycles. The average Bonchev–Trinajstić information content (AvgIpc) is 2.42. The summed E-state index contributed by atoms with van der Waals surface area (Å²) in [5, 5.41) is 0. The number of rotatable bonds is 6. The highest BCUT2D eigenvalue weighted by atomic mass is 32.2. The summed E-state index contributed by atoms with van der Waals surface area (Å²) < 4.78 is 9.22. The van der Waals surface area contributed by atoms with Crippen LogP contribution in [0.1, 0.15) is 20.7 Å². The summed E-state index contributed by atoms with van der Waals surface area (Å²) in [5.74, 6) is -0.993. The molecule has 0 spiro atoms. The van der Waals surface area contributed by atoms with Gasteiger partial charge in [0.05, 0.1) is 20.3 Å². The third-order valence-corrected chi connectivity index (χ3v) is 2.68. The lowest BCUT2D eigenvalue weighted by Gasteiger charge is -2.08. The first kappa shape index (κ1) is 17.6. The summed E-state index contributed by atoms with van der Waals surface area (Å²) in [6.07, 6.45) is 0. The van der Waals surface area contributed by atoms with Crippen molar-refractivity contribution < 1.29 is 19.1 Å². The molecule has 0 aliphatic rings. The molecular weight excluding hydrogens is 336 g/mol. The molecule has 0 atom stereocenters. The van der Waals surface area contributed by atoms with E-state index in [0.29, 0.717) is 11.1 Å². The van der Waals surface area contributed by atoms with Gasteiger partial charge in [-0.25, -0.2) is 9.59 Å². The monoisotopic (exact) mass is 350 g/mol. The molecule has 1 rings (SSSR count). The molecule has 0 unspecified atom stereocenters. The zero-order chi connectivity index (χ0) is 15.1. The molecule has 0 bridgehead atoms. The maximum absolute atomic E-state index is 11.6. The largest absolute Gasteiger partial charge is 0.460 e. The van der Waals surface area contributed by atoms with Crippen LogP contribution in [0.4, 0.5) is 0 Å². The van der Waals surface area contributed by atoms with Crippen molar-refractivity contribution in [3.8, 4) is 0 Å². The first-order valence-electron chi connectivity index (χ1n) is 5.56. The summed E-state index contributed by atoms with van der Waals surface area (Å²) in [6, 6.07) is 5.96. The molecule has 1 aromatic rings. The second-order valence-corrected chi connectivity index (χ2v) is 7.04. The van der Waals surface area contributed by atoms with Gasteiger partial charge in [0.1, 0.15) is 13.2 Å². The minimum Gasteiger partial charge on any atom is -0.460 e. The van der Waals surface area contributed by atoms with Gasteiger partial charge < -0.3 is 9.47 Å². The van der Waals surface area contributed by atoms with Crippen LogP contribution in [0, 0.1) is 0 Å². The lowest BCUT2D eigenvalue weighted by Crippen LogP contribution is -2.12. The third-order valence-electron chi connectivity index (χ3n) is 2.08. The van der Waals surface area contributed by atoms with E-state index in [0.717, 1.165) is 0 Å². The first-order valence-corrected chi connectivity index (χ1v) is 7.63. The Morgan fingerprint density at radius 2 is 1.10 bits per heavy atom. The van der Waals surface area contributed by atoms with Crippen molar-refractivity contribution in [1.82, 2.24) is 0 Å². The van der Waals surface area contributed by atoms with E-state index in [2.05, 4.69) is 50.5 Å². The number of carbonyl (C=O) groups excluding carboxylic acids is 2. The van der Waals surface area contributed by atoms with Crippen LogP contribution in [-0.2, 0) is 9.47 Å². The van der Waals surface area contributed by atoms with Crippen molar-refractivity contribution >= 4 is 62.5 Å². The highest BCUT2D eigenvalue weighted by Gasteiger charge is 2.12. The van der Waals surface area contributed by atoms with Crippen molar-refractivity contribution in [2.45, 2.75) is 9.16 Å². The maximum Gasteiger partial charge on any atom is 0.338 e. The first-order chi connectivity index (χ1) is 9.40. The molecule has 0 aromatic heterocycles. The molecule has 0 fully saturated rings. The molecule has 0 N–H and O–H groups in total. The summed E-state index contributed by atoms with van der Waals surface area (Å²) in [5.41, 5.74) is 0.676. The highest BCUT2D eigenvalue weighted by Crippen LogP contribution is 2.10. The van der Waals surface area contributed by atoms with Crippen molar-refractivity contribution in [2.75, 3.05) is 13.2 Å². The minimum atomic E-state index is -0.496. The molecule has 0 heterocycles. The normalized spacial score (nSPS) is 10.7. The number of hydrogen-bond acceptors (Lipinski definition) is 8. The fourth-order valence-electron chi connectivity index (χ4n) is 1.21. The topological polar surface area (TPSA) is 52.6 Å². The molecule has 0 radical (unpaired) electrons. The van der Waals surface area contributed by atoms with Crippen LogP contribution in [0.15, 0.2) is 24.3 Å². The van der Waals surface area contributed by atoms with Gasteiger partial charge in [0, 0.05) is 0 Å². The Morgan fingerprint density at radius 1 is 0.800 bits per heavy atom. The summed E-state index contributed by atoms with van der Waals surface area (Å²) in [7, 11) is 0. The summed E-state index contributed by atoms with van der Waals surface area (Å²) in [4.78, 5) is 23.2. The molecule has 4 nitrogen and oxygen atoms in total. The van der Waals surface area contributed by atoms with E-state index in [1.807, 2.05) is 0 Å². The van der Waals surface area contributed by atoms with Gasteiger partial charge in [-0.15, -0.1) is 0 Å². The Balaban J connectivity index is 2.59. The van der Waals surface area contributed by atoms with Gasteiger partial charge in [-0.3, -0.25) is 0 Å². The van der Waals surface area contributed by atoms with Gasteiger partial charge in [-0.2, -0.15) is 50.5 Å². The zero-order valence-electron chi connectivity index (χ0n) is 10.3. The molecule has 0 amide bonds. The summed E-state index contributed by atoms with van der Waals surface area (Å²) in [6.45, 7) is 0.195. The van der Waals surface area contributed by atoms with E-state index < -0.39 is 11.9 Å². The highest BCUT2D eigenvalue weighted by molar-refractivity contribution is 7.99. The number of thiol groups is 4. The molecule has 8 heteroatoms. The van der Waals surface area contributed by atoms with Crippen LogP contribution in [-0.4, -0.2) is 34.3 Å². The predicted molar refractivity (Wildman–Crippen MR) is 90.5 cm³/mol. The summed E-state index contributed by atoms with van der Waals surface area (Å²) >= 11 is 15.9. The van der Waals surface area contributed by atoms with Gasteiger partial charge in [0.15, 0.2) is 0 Å². The molecule has 0 aliphatic carbocycles. The molecule has 20 heavy (non-hydrogen) atoms. The number of carbonyl (C=O) groups is 2. The molecular formula is C12H14O4S4. The predicted octanol–water partition coefficient (Wildman–Crippen LogP) is 2.37. The Labute approximate surface area is 139 Å². The Kier molecular flexibility index (Phi) is 7.71. The Morgan fingerprint density at radius 3 is 1.35 bits per heavy atom. The van der Waals surface area contributed by atoms with Crippen molar-refractivity contribution in [3.63, 3.8) is 0 Å². The quantitative estimate of drug-likeness (QED) is 0.361. The smallest absolute Gasteiger partial charge is 0.338 e. The Hall–Kier alpha value is -0.440. The van der Waals surface area contributed by atoms with Gasteiger partial charge in [0.25, 0.3) is 0 Å². The van der Waals surface area contributed by atoms with Crippen LogP contribution >= 0.6 is 50.5 Å². The molecule has 0 saturated heterocycles. The van der Waals surface area contributed by atoms with Gasteiger partial charge in [0.2, 0.25) is 0 Å². The van der Waals surface area contributed by atoms with Crippen molar-refractivity contribution in [2.24, 2.45) is 0 Å². The van der Waals surface area contributed by atoms with Crippen LogP contribution < -0.4 is 0 Å². The zero-order valence-corrected chi connectivity index (χ0v) is 13.9. The standard InChI is InChI=1S/C12H14O4S4/c13-11(15-5-9(17)18)7-1-2-8(4-3-7)12(14)16-6-10(19)20/h1-4,9-10,17-20H,5-6H2. The van der Waals surface area contributed by atoms with Crippen LogP contribution in [0.2, 0.25) is 0 Å². The van der Waals surface area contributed by atoms with E-state index in [4.69, 9.17) is 9.47 Å². The van der Waals surface area contributed by atoms with Crippen LogP contribution in [0.3, 0.4) is 0 Å². The number of ether oxygens (including phenoxy) is 2. The van der Waals surface area contributed by atoms with Crippen molar-refractivity contribution in [1.29, 1.82) is 0 Å². The van der Waals surface area contributed by atoms with E-state index in [1.54, 1.807) is 0 Å². The Bertz CT molecular complexity index is 416. The fraction of sp³-hybridized carbons (Fsp3) is 0.333. The fourth-order valence-corrected chi connectivity index (χ4v) is 1.51. The van der Waals surface area contributed by atoms with Crippen LogP contribution in [0.5, 0.6) is 0 Å². The van der Waals surface area contributed by atoms with E-state index in [-0.39, 0.29) is 22.4 Å². The third kappa shape index (κ3) is 6.34. The van der Waals surface area contributed by atoms with E-state index in [9.17, 15) is 9.59 Å².